The van der Waals surface area contributed by atoms with Crippen molar-refractivity contribution in [2.75, 3.05) is 32.8 Å². The molecular formula is C21H34N2O3. The number of carbonyl (C=O) groups is 1. The van der Waals surface area contributed by atoms with Gasteiger partial charge in [0.1, 0.15) is 0 Å². The molecule has 0 radical (unpaired) electrons. The molecule has 0 spiro atoms. The van der Waals surface area contributed by atoms with Crippen LogP contribution in [0.3, 0.4) is 0 Å². The first-order valence-corrected chi connectivity index (χ1v) is 10.1. The third kappa shape index (κ3) is 5.90. The molecule has 1 fully saturated rings. The van der Waals surface area contributed by atoms with Gasteiger partial charge in [0.05, 0.1) is 19.1 Å². The highest BCUT2D eigenvalue weighted by Crippen LogP contribution is 2.29. The summed E-state index contributed by atoms with van der Waals surface area (Å²) in [4.78, 5) is 14.9. The van der Waals surface area contributed by atoms with Crippen molar-refractivity contribution in [3.8, 4) is 11.5 Å². The van der Waals surface area contributed by atoms with Gasteiger partial charge in [-0.05, 0) is 56.8 Å². The van der Waals surface area contributed by atoms with Crippen molar-refractivity contribution in [3.63, 3.8) is 0 Å². The van der Waals surface area contributed by atoms with Crippen molar-refractivity contribution in [1.29, 1.82) is 0 Å². The van der Waals surface area contributed by atoms with E-state index in [1.54, 1.807) is 0 Å². The first-order chi connectivity index (χ1) is 12.7. The highest BCUT2D eigenvalue weighted by molar-refractivity contribution is 5.79. The molecule has 5 nitrogen and oxygen atoms in total. The molecule has 1 unspecified atom stereocenters. The normalized spacial score (nSPS) is 17.0. The average Bonchev–Trinajstić information content (AvgIpc) is 2.67. The van der Waals surface area contributed by atoms with Crippen LogP contribution in [0.1, 0.15) is 52.0 Å². The average molecular weight is 363 g/mol. The van der Waals surface area contributed by atoms with E-state index in [2.05, 4.69) is 19.2 Å². The molecule has 5 heteroatoms. The summed E-state index contributed by atoms with van der Waals surface area (Å²) in [5, 5.41) is 3.35. The molecule has 1 atom stereocenters. The molecule has 0 saturated carbocycles. The lowest BCUT2D eigenvalue weighted by Crippen LogP contribution is -2.43. The second-order valence-corrected chi connectivity index (χ2v) is 6.87. The molecule has 1 aromatic carbocycles. The number of ether oxygens (including phenoxy) is 2. The van der Waals surface area contributed by atoms with Gasteiger partial charge in [0, 0.05) is 19.6 Å². The smallest absolute Gasteiger partial charge is 0.227 e. The largest absolute Gasteiger partial charge is 0.490 e. The van der Waals surface area contributed by atoms with E-state index in [9.17, 15) is 4.79 Å². The van der Waals surface area contributed by atoms with E-state index < -0.39 is 0 Å². The van der Waals surface area contributed by atoms with Gasteiger partial charge in [-0.1, -0.05) is 19.9 Å². The standard InChI is InChI=1S/C21H34N2O3/c1-4-12-23(21(24)18-8-7-11-22-15-18)16-17-9-10-19(26-13-5-2)20(14-17)25-6-3/h9-10,14,18,22H,4-8,11-13,15-16H2,1-3H3. The first-order valence-electron chi connectivity index (χ1n) is 10.1. The SMILES string of the molecule is CCCOc1ccc(CN(CCC)C(=O)C2CCCNC2)cc1OCC. The number of piperidine rings is 1. The van der Waals surface area contributed by atoms with Crippen molar-refractivity contribution >= 4 is 5.91 Å². The Morgan fingerprint density at radius 1 is 1.19 bits per heavy atom. The lowest BCUT2D eigenvalue weighted by atomic mass is 9.97. The summed E-state index contributed by atoms with van der Waals surface area (Å²) in [6.07, 6.45) is 3.98. The lowest BCUT2D eigenvalue weighted by Gasteiger charge is -2.30. The van der Waals surface area contributed by atoms with Gasteiger partial charge in [-0.3, -0.25) is 4.79 Å². The fourth-order valence-electron chi connectivity index (χ4n) is 3.33. The van der Waals surface area contributed by atoms with E-state index in [0.29, 0.717) is 19.8 Å². The highest BCUT2D eigenvalue weighted by atomic mass is 16.5. The molecule has 1 amide bonds. The van der Waals surface area contributed by atoms with Crippen LogP contribution < -0.4 is 14.8 Å². The Bertz CT molecular complexity index is 556. The zero-order valence-electron chi connectivity index (χ0n) is 16.6. The molecular weight excluding hydrogens is 328 g/mol. The van der Waals surface area contributed by atoms with Crippen LogP contribution in [0.5, 0.6) is 11.5 Å². The van der Waals surface area contributed by atoms with Gasteiger partial charge >= 0.3 is 0 Å². The van der Waals surface area contributed by atoms with Crippen LogP contribution in [0.15, 0.2) is 18.2 Å². The van der Waals surface area contributed by atoms with Gasteiger partial charge in [0.25, 0.3) is 0 Å². The maximum Gasteiger partial charge on any atom is 0.227 e. The van der Waals surface area contributed by atoms with E-state index >= 15 is 0 Å². The number of amides is 1. The van der Waals surface area contributed by atoms with Crippen LogP contribution in [0.25, 0.3) is 0 Å². The molecule has 1 aliphatic heterocycles. The minimum atomic E-state index is 0.105. The Morgan fingerprint density at radius 3 is 2.69 bits per heavy atom. The van der Waals surface area contributed by atoms with Crippen LogP contribution >= 0.6 is 0 Å². The van der Waals surface area contributed by atoms with Crippen molar-refractivity contribution in [2.45, 2.75) is 53.0 Å². The van der Waals surface area contributed by atoms with Crippen molar-refractivity contribution in [1.82, 2.24) is 10.2 Å². The fourth-order valence-corrected chi connectivity index (χ4v) is 3.33. The summed E-state index contributed by atoms with van der Waals surface area (Å²) in [5.41, 5.74) is 1.09. The quantitative estimate of drug-likeness (QED) is 0.691. The van der Waals surface area contributed by atoms with Crippen molar-refractivity contribution < 1.29 is 14.3 Å². The number of hydrogen-bond donors (Lipinski definition) is 1. The summed E-state index contributed by atoms with van der Waals surface area (Å²) in [7, 11) is 0. The van der Waals surface area contributed by atoms with Gasteiger partial charge in [0.15, 0.2) is 11.5 Å². The minimum absolute atomic E-state index is 0.105. The molecule has 1 aromatic rings. The van der Waals surface area contributed by atoms with Gasteiger partial charge in [-0.25, -0.2) is 0 Å². The Labute approximate surface area is 158 Å². The van der Waals surface area contributed by atoms with Crippen LogP contribution in [0, 0.1) is 5.92 Å². The molecule has 1 heterocycles. The Kier molecular flexibility index (Phi) is 8.75. The predicted molar refractivity (Wildman–Crippen MR) is 105 cm³/mol. The molecule has 0 bridgehead atoms. The van der Waals surface area contributed by atoms with E-state index in [1.165, 1.54) is 0 Å². The fraction of sp³-hybridized carbons (Fsp3) is 0.667. The second kappa shape index (κ2) is 11.1. The highest BCUT2D eigenvalue weighted by Gasteiger charge is 2.25. The van der Waals surface area contributed by atoms with E-state index in [-0.39, 0.29) is 11.8 Å². The molecule has 1 aliphatic rings. The van der Waals surface area contributed by atoms with E-state index in [1.807, 2.05) is 30.0 Å². The zero-order valence-corrected chi connectivity index (χ0v) is 16.6. The third-order valence-electron chi connectivity index (χ3n) is 4.59. The molecule has 1 N–H and O–H groups in total. The minimum Gasteiger partial charge on any atom is -0.490 e. The second-order valence-electron chi connectivity index (χ2n) is 6.87. The van der Waals surface area contributed by atoms with Crippen LogP contribution in [-0.4, -0.2) is 43.7 Å². The van der Waals surface area contributed by atoms with E-state index in [0.717, 1.165) is 62.4 Å². The molecule has 0 aromatic heterocycles. The van der Waals surface area contributed by atoms with Crippen LogP contribution in [0.4, 0.5) is 0 Å². The summed E-state index contributed by atoms with van der Waals surface area (Å²) in [6.45, 7) is 10.7. The van der Waals surface area contributed by atoms with Gasteiger partial charge in [-0.15, -0.1) is 0 Å². The number of carbonyl (C=O) groups excluding carboxylic acids is 1. The van der Waals surface area contributed by atoms with Crippen molar-refractivity contribution in [2.24, 2.45) is 5.92 Å². The number of benzene rings is 1. The molecule has 1 saturated heterocycles. The summed E-state index contributed by atoms with van der Waals surface area (Å²) in [6, 6.07) is 6.03. The number of nitrogens with one attached hydrogen (secondary N) is 1. The Balaban J connectivity index is 2.11. The van der Waals surface area contributed by atoms with Gasteiger partial charge in [-0.2, -0.15) is 0 Å². The monoisotopic (exact) mass is 362 g/mol. The topological polar surface area (TPSA) is 50.8 Å². The molecule has 2 rings (SSSR count). The summed E-state index contributed by atoms with van der Waals surface area (Å²) < 4.78 is 11.5. The van der Waals surface area contributed by atoms with Gasteiger partial charge in [0.2, 0.25) is 5.91 Å². The van der Waals surface area contributed by atoms with Crippen molar-refractivity contribution in [3.05, 3.63) is 23.8 Å². The first kappa shape index (κ1) is 20.6. The molecule has 0 aliphatic carbocycles. The Hall–Kier alpha value is -1.75. The van der Waals surface area contributed by atoms with Crippen LogP contribution in [-0.2, 0) is 11.3 Å². The number of hydrogen-bond acceptors (Lipinski definition) is 4. The zero-order chi connectivity index (χ0) is 18.8. The third-order valence-corrected chi connectivity index (χ3v) is 4.59. The summed E-state index contributed by atoms with van der Waals surface area (Å²) in [5.74, 6) is 1.92. The number of rotatable bonds is 10. The van der Waals surface area contributed by atoms with E-state index in [4.69, 9.17) is 9.47 Å². The summed E-state index contributed by atoms with van der Waals surface area (Å²) >= 11 is 0. The lowest BCUT2D eigenvalue weighted by molar-refractivity contribution is -0.136. The maximum absolute atomic E-state index is 12.9. The molecule has 26 heavy (non-hydrogen) atoms. The van der Waals surface area contributed by atoms with Crippen LogP contribution in [0.2, 0.25) is 0 Å². The van der Waals surface area contributed by atoms with Gasteiger partial charge < -0.3 is 19.7 Å². The predicted octanol–water partition coefficient (Wildman–Crippen LogP) is 3.61. The maximum atomic E-state index is 12.9. The molecule has 146 valence electrons. The Morgan fingerprint density at radius 2 is 2.04 bits per heavy atom. The number of nitrogens with zero attached hydrogens (tertiary/aromatic N) is 1.